The largest absolute Gasteiger partial charge is 0.464 e. The fourth-order valence-electron chi connectivity index (χ4n) is 4.36. The molecule has 41 heavy (non-hydrogen) atoms. The number of amides is 2. The first-order valence-electron chi connectivity index (χ1n) is 15.5. The molecule has 0 bridgehead atoms. The van der Waals surface area contributed by atoms with Crippen molar-refractivity contribution in [2.24, 2.45) is 11.8 Å². The van der Waals surface area contributed by atoms with Crippen LogP contribution < -0.4 is 10.6 Å². The average molecular weight is 601 g/mol. The molecule has 2 N–H and O–H groups in total. The zero-order chi connectivity index (χ0) is 31.5. The molecule has 0 rings (SSSR count). The molecule has 0 aliphatic heterocycles. The van der Waals surface area contributed by atoms with Gasteiger partial charge in [-0.15, -0.1) is 0 Å². The van der Waals surface area contributed by atoms with Gasteiger partial charge in [-0.2, -0.15) is 22.0 Å². The van der Waals surface area contributed by atoms with Crippen LogP contribution in [0.1, 0.15) is 131 Å². The molecule has 0 aliphatic rings. The van der Waals surface area contributed by atoms with Crippen molar-refractivity contribution in [2.45, 2.75) is 155 Å². The van der Waals surface area contributed by atoms with Gasteiger partial charge in [0.15, 0.2) is 0 Å². The zero-order valence-electron chi connectivity index (χ0n) is 25.6. The van der Waals surface area contributed by atoms with Crippen LogP contribution in [-0.2, 0) is 19.1 Å². The van der Waals surface area contributed by atoms with E-state index in [-0.39, 0.29) is 13.0 Å². The summed E-state index contributed by atoms with van der Waals surface area (Å²) >= 11 is 0. The number of ether oxygens (including phenoxy) is 1. The Morgan fingerprint density at radius 2 is 1.05 bits per heavy atom. The normalized spacial score (nSPS) is 15.1. The highest BCUT2D eigenvalue weighted by Gasteiger charge is 2.64. The Balaban J connectivity index is 4.71. The van der Waals surface area contributed by atoms with Gasteiger partial charge < -0.3 is 15.4 Å². The fourth-order valence-corrected chi connectivity index (χ4v) is 4.36. The number of unbranched alkanes of at least 4 members (excludes halogenated alkanes) is 12. The summed E-state index contributed by atoms with van der Waals surface area (Å²) < 4.78 is 70.3. The van der Waals surface area contributed by atoms with E-state index in [2.05, 4.69) is 12.2 Å². The van der Waals surface area contributed by atoms with Crippen molar-refractivity contribution in [2.75, 3.05) is 6.61 Å². The molecule has 0 aromatic carbocycles. The van der Waals surface area contributed by atoms with Crippen LogP contribution in [-0.4, -0.2) is 48.6 Å². The molecule has 0 radical (unpaired) electrons. The van der Waals surface area contributed by atoms with Crippen LogP contribution in [0.5, 0.6) is 0 Å². The number of carbonyl (C=O) groups is 3. The lowest BCUT2D eigenvalue weighted by Gasteiger charge is -2.29. The standard InChI is InChI=1S/C30H53F5N2O4/c1-6-9-10-11-12-13-14-15-16-17-18-19-20-21-41-27(39)25(23(5)8-3)36-26(38)24(22(4)7-2)37-28(40)29(31,32)30(33,34)35/h22-25H,6-21H2,1-5H3,(H,36,38)(H,37,40). The number of nitrogens with one attached hydrogen (secondary N) is 2. The van der Waals surface area contributed by atoms with Crippen LogP contribution >= 0.6 is 0 Å². The van der Waals surface area contributed by atoms with Gasteiger partial charge in [0, 0.05) is 0 Å². The number of carbonyl (C=O) groups excluding carboxylic acids is 3. The zero-order valence-corrected chi connectivity index (χ0v) is 25.6. The van der Waals surface area contributed by atoms with Crippen LogP contribution in [0.25, 0.3) is 0 Å². The van der Waals surface area contributed by atoms with Crippen molar-refractivity contribution in [1.29, 1.82) is 0 Å². The molecule has 4 unspecified atom stereocenters. The maximum absolute atomic E-state index is 13.5. The van der Waals surface area contributed by atoms with Crippen LogP contribution in [0.3, 0.4) is 0 Å². The minimum Gasteiger partial charge on any atom is -0.464 e. The lowest BCUT2D eigenvalue weighted by Crippen LogP contribution is -2.60. The van der Waals surface area contributed by atoms with Crippen molar-refractivity contribution < 1.29 is 41.1 Å². The molecule has 242 valence electrons. The number of halogens is 5. The second kappa shape index (κ2) is 20.9. The minimum absolute atomic E-state index is 0.155. The van der Waals surface area contributed by atoms with Gasteiger partial charge in [0.2, 0.25) is 5.91 Å². The Morgan fingerprint density at radius 3 is 1.46 bits per heavy atom. The van der Waals surface area contributed by atoms with Gasteiger partial charge in [0.25, 0.3) is 0 Å². The van der Waals surface area contributed by atoms with Crippen molar-refractivity contribution in [3.8, 4) is 0 Å². The summed E-state index contributed by atoms with van der Waals surface area (Å²) in [6.07, 6.45) is 9.75. The molecule has 4 atom stereocenters. The highest BCUT2D eigenvalue weighted by atomic mass is 19.4. The van der Waals surface area contributed by atoms with Gasteiger partial charge in [-0.1, -0.05) is 125 Å². The fraction of sp³-hybridized carbons (Fsp3) is 0.900. The number of hydrogen-bond acceptors (Lipinski definition) is 4. The highest BCUT2D eigenvalue weighted by Crippen LogP contribution is 2.35. The third-order valence-electron chi connectivity index (χ3n) is 7.68. The predicted octanol–water partition coefficient (Wildman–Crippen LogP) is 7.88. The SMILES string of the molecule is CCCCCCCCCCCCCCCOC(=O)C(NC(=O)C(NC(=O)C(F)(F)C(F)(F)F)C(C)CC)C(C)CC. The molecule has 0 saturated heterocycles. The van der Waals surface area contributed by atoms with Crippen LogP contribution in [0.4, 0.5) is 22.0 Å². The summed E-state index contributed by atoms with van der Waals surface area (Å²) in [7, 11) is 0. The topological polar surface area (TPSA) is 84.5 Å². The van der Waals surface area contributed by atoms with Gasteiger partial charge in [-0.3, -0.25) is 9.59 Å². The number of esters is 1. The van der Waals surface area contributed by atoms with Crippen LogP contribution in [0, 0.1) is 11.8 Å². The second-order valence-electron chi connectivity index (χ2n) is 11.2. The third kappa shape index (κ3) is 15.2. The third-order valence-corrected chi connectivity index (χ3v) is 7.68. The Morgan fingerprint density at radius 1 is 0.634 bits per heavy atom. The maximum atomic E-state index is 13.5. The quantitative estimate of drug-likeness (QED) is 0.0710. The number of hydrogen-bond donors (Lipinski definition) is 2. The molecule has 0 fully saturated rings. The summed E-state index contributed by atoms with van der Waals surface area (Å²) in [5.41, 5.74) is 0. The molecular weight excluding hydrogens is 547 g/mol. The molecular formula is C30H53F5N2O4. The van der Waals surface area contributed by atoms with Gasteiger partial charge in [-0.05, 0) is 18.3 Å². The van der Waals surface area contributed by atoms with E-state index in [1.807, 2.05) is 0 Å². The van der Waals surface area contributed by atoms with E-state index in [9.17, 15) is 36.3 Å². The Bertz CT molecular complexity index is 749. The summed E-state index contributed by atoms with van der Waals surface area (Å²) in [5.74, 6) is -11.2. The summed E-state index contributed by atoms with van der Waals surface area (Å²) in [4.78, 5) is 37.5. The van der Waals surface area contributed by atoms with E-state index in [0.29, 0.717) is 12.8 Å². The van der Waals surface area contributed by atoms with Gasteiger partial charge >= 0.3 is 24.0 Å². The minimum atomic E-state index is -6.11. The van der Waals surface area contributed by atoms with Crippen molar-refractivity contribution >= 4 is 17.8 Å². The summed E-state index contributed by atoms with van der Waals surface area (Å²) in [5, 5.41) is 3.96. The Hall–Kier alpha value is -1.94. The highest BCUT2D eigenvalue weighted by molar-refractivity contribution is 5.93. The molecule has 0 aromatic heterocycles. The van der Waals surface area contributed by atoms with Gasteiger partial charge in [-0.25, -0.2) is 4.79 Å². The second-order valence-corrected chi connectivity index (χ2v) is 11.2. The van der Waals surface area contributed by atoms with E-state index in [4.69, 9.17) is 4.74 Å². The Labute approximate surface area is 243 Å². The van der Waals surface area contributed by atoms with E-state index < -0.39 is 53.8 Å². The van der Waals surface area contributed by atoms with E-state index in [1.54, 1.807) is 26.1 Å². The number of rotatable bonds is 23. The lowest BCUT2D eigenvalue weighted by molar-refractivity contribution is -0.270. The lowest BCUT2D eigenvalue weighted by atomic mass is 9.95. The van der Waals surface area contributed by atoms with E-state index in [0.717, 1.165) is 19.3 Å². The van der Waals surface area contributed by atoms with Gasteiger partial charge in [0.05, 0.1) is 6.61 Å². The first-order chi connectivity index (χ1) is 19.2. The van der Waals surface area contributed by atoms with Crippen molar-refractivity contribution in [3.63, 3.8) is 0 Å². The molecule has 0 aliphatic carbocycles. The maximum Gasteiger partial charge on any atom is 0.463 e. The summed E-state index contributed by atoms with van der Waals surface area (Å²) in [6, 6.07) is -2.83. The number of alkyl halides is 5. The summed E-state index contributed by atoms with van der Waals surface area (Å²) in [6.45, 7) is 8.86. The van der Waals surface area contributed by atoms with Crippen molar-refractivity contribution in [1.82, 2.24) is 10.6 Å². The van der Waals surface area contributed by atoms with E-state index in [1.165, 1.54) is 64.7 Å². The Kier molecular flexibility index (Phi) is 19.9. The smallest absolute Gasteiger partial charge is 0.463 e. The molecule has 11 heteroatoms. The van der Waals surface area contributed by atoms with Gasteiger partial charge in [0.1, 0.15) is 12.1 Å². The van der Waals surface area contributed by atoms with Crippen LogP contribution in [0.15, 0.2) is 0 Å². The molecule has 6 nitrogen and oxygen atoms in total. The molecule has 0 saturated carbocycles. The first kappa shape index (κ1) is 39.1. The molecule has 0 aromatic rings. The average Bonchev–Trinajstić information content (AvgIpc) is 2.92. The van der Waals surface area contributed by atoms with Crippen molar-refractivity contribution in [3.05, 3.63) is 0 Å². The molecule has 0 heterocycles. The first-order valence-corrected chi connectivity index (χ1v) is 15.5. The monoisotopic (exact) mass is 600 g/mol. The molecule has 2 amide bonds. The predicted molar refractivity (Wildman–Crippen MR) is 150 cm³/mol. The van der Waals surface area contributed by atoms with E-state index >= 15 is 0 Å². The molecule has 0 spiro atoms. The van der Waals surface area contributed by atoms with Crippen LogP contribution in [0.2, 0.25) is 0 Å².